The maximum atomic E-state index is 14.2. The number of urea groups is 1. The lowest BCUT2D eigenvalue weighted by Crippen LogP contribution is -2.63. The summed E-state index contributed by atoms with van der Waals surface area (Å²) in [7, 11) is 6.38. The number of Topliss-reactive ketones (excluding diaryl/α,β-unsaturated/α-hetero) is 2. The van der Waals surface area contributed by atoms with E-state index in [0.29, 0.717) is 11.3 Å². The van der Waals surface area contributed by atoms with Gasteiger partial charge in [0.15, 0.2) is 17.1 Å². The fraction of sp³-hybridized carbons (Fsp3) is 0.333. The standard InChI is InChI=1S/C30H31ClN6O10/c1-35(2)17-10-16(34-29(44)33-15-6-5-12(31)9-18(15)37(46)47)23(38)20-13(17)7-11-8-14-22(36(3)4)25(40)21(28(32)43)27(42)30(14,45)26(41)19(11)24(20)39/h5-6,9-11,14,22,45H,7-8H2,1-4H3,(H7-,32,33,34,38,39,40,41,42,43,44,46,47)/p+1/t11-,14-,22-,30-/m0/s1. The highest BCUT2D eigenvalue weighted by atomic mass is 35.5. The van der Waals surface area contributed by atoms with Crippen molar-refractivity contribution in [3.63, 3.8) is 0 Å². The summed E-state index contributed by atoms with van der Waals surface area (Å²) in [6.45, 7) is 0. The van der Waals surface area contributed by atoms with Crippen LogP contribution in [0.15, 0.2) is 46.9 Å². The Morgan fingerprint density at radius 3 is 2.28 bits per heavy atom. The average Bonchev–Trinajstić information content (AvgIpc) is 2.96. The van der Waals surface area contributed by atoms with Gasteiger partial charge in [0, 0.05) is 42.4 Å². The summed E-state index contributed by atoms with van der Waals surface area (Å²) < 4.78 is 0. The number of nitrogens with one attached hydrogen (secondary N) is 2. The molecule has 0 heterocycles. The predicted octanol–water partition coefficient (Wildman–Crippen LogP) is 2.28. The summed E-state index contributed by atoms with van der Waals surface area (Å²) in [5, 5.41) is 59.9. The molecule has 0 saturated heterocycles. The molecule has 0 bridgehead atoms. The number of hydrogen-bond donors (Lipinski definition) is 8. The van der Waals surface area contributed by atoms with Crippen molar-refractivity contribution in [2.24, 2.45) is 17.6 Å². The van der Waals surface area contributed by atoms with Crippen LogP contribution in [-0.2, 0) is 16.0 Å². The lowest BCUT2D eigenvalue weighted by Gasteiger charge is -2.50. The number of primary amides is 1. The molecule has 4 atom stereocenters. The van der Waals surface area contributed by atoms with E-state index in [-0.39, 0.29) is 46.1 Å². The molecule has 0 unspecified atom stereocenters. The second kappa shape index (κ2) is 11.6. The second-order valence-corrected chi connectivity index (χ2v) is 12.5. The first-order chi connectivity index (χ1) is 21.9. The Morgan fingerprint density at radius 2 is 1.70 bits per heavy atom. The van der Waals surface area contributed by atoms with Crippen LogP contribution in [0.2, 0.25) is 5.02 Å². The van der Waals surface area contributed by atoms with Crippen LogP contribution in [0, 0.1) is 16.7 Å². The molecule has 0 fully saturated rings. The topological polar surface area (TPSA) is 246 Å². The van der Waals surface area contributed by atoms with Crippen LogP contribution in [0.25, 0.3) is 0 Å². The number of benzene rings is 2. The van der Waals surface area contributed by atoms with Crippen LogP contribution in [0.5, 0.6) is 5.75 Å². The van der Waals surface area contributed by atoms with E-state index in [9.17, 15) is 49.7 Å². The molecule has 2 aromatic rings. The number of carbonyl (C=O) groups excluding carboxylic acids is 4. The lowest BCUT2D eigenvalue weighted by atomic mass is 9.58. The van der Waals surface area contributed by atoms with E-state index in [1.54, 1.807) is 19.0 Å². The van der Waals surface area contributed by atoms with Crippen LogP contribution < -0.4 is 21.3 Å². The molecule has 0 aromatic heterocycles. The molecule has 0 radical (unpaired) electrons. The van der Waals surface area contributed by atoms with Crippen LogP contribution in [0.1, 0.15) is 22.3 Å². The van der Waals surface area contributed by atoms with E-state index >= 15 is 0 Å². The van der Waals surface area contributed by atoms with Crippen LogP contribution in [0.3, 0.4) is 0 Å². The first-order valence-electron chi connectivity index (χ1n) is 14.2. The number of aromatic hydroxyl groups is 1. The van der Waals surface area contributed by atoms with Crippen molar-refractivity contribution in [3.05, 3.63) is 68.0 Å². The fourth-order valence-corrected chi connectivity index (χ4v) is 7.00. The molecule has 3 amide bonds. The molecule has 2 aromatic carbocycles. The normalized spacial score (nSPS) is 23.6. The minimum Gasteiger partial charge on any atom is -0.510 e. The first kappa shape index (κ1) is 33.2. The second-order valence-electron chi connectivity index (χ2n) is 12.0. The van der Waals surface area contributed by atoms with Gasteiger partial charge in [0.2, 0.25) is 5.78 Å². The van der Waals surface area contributed by atoms with Crippen molar-refractivity contribution in [1.82, 2.24) is 4.90 Å². The summed E-state index contributed by atoms with van der Waals surface area (Å²) >= 11 is 5.87. The molecule has 0 aliphatic heterocycles. The van der Waals surface area contributed by atoms with Crippen molar-refractivity contribution in [2.45, 2.75) is 24.5 Å². The largest absolute Gasteiger partial charge is 0.510 e. The minimum absolute atomic E-state index is 0.0338. The number of fused-ring (bicyclic) bond motifs is 3. The Bertz CT molecular complexity index is 1850. The van der Waals surface area contributed by atoms with Gasteiger partial charge < -0.3 is 41.7 Å². The molecule has 5 rings (SSSR count). The monoisotopic (exact) mass is 671 g/mol. The summed E-state index contributed by atoms with van der Waals surface area (Å²) in [5.74, 6) is -8.01. The molecule has 248 valence electrons. The zero-order valence-electron chi connectivity index (χ0n) is 25.5. The molecule has 9 N–H and O–H groups in total. The Hall–Kier alpha value is -5.19. The van der Waals surface area contributed by atoms with Gasteiger partial charge in [0.25, 0.3) is 10.8 Å². The van der Waals surface area contributed by atoms with Gasteiger partial charge in [0.05, 0.1) is 22.2 Å². The third-order valence-electron chi connectivity index (χ3n) is 8.84. The zero-order chi connectivity index (χ0) is 34.9. The summed E-state index contributed by atoms with van der Waals surface area (Å²) in [6.07, 6.45) is -0.0567. The van der Waals surface area contributed by atoms with Crippen molar-refractivity contribution < 1.29 is 49.7 Å². The van der Waals surface area contributed by atoms with Gasteiger partial charge in [-0.15, -0.1) is 0 Å². The van der Waals surface area contributed by atoms with Gasteiger partial charge in [0.1, 0.15) is 22.8 Å². The maximum Gasteiger partial charge on any atom is 0.341 e. The third kappa shape index (κ3) is 5.10. The number of aliphatic hydroxyl groups excluding tert-OH is 2. The molecule has 3 aliphatic rings. The number of nitrogens with zero attached hydrogens (tertiary/aromatic N) is 3. The quantitative estimate of drug-likeness (QED) is 0.125. The Balaban J connectivity index is 1.61. The number of phenols is 1. The van der Waals surface area contributed by atoms with Gasteiger partial charge in [-0.3, -0.25) is 19.3 Å². The number of halogens is 1. The van der Waals surface area contributed by atoms with E-state index in [0.717, 1.165) is 6.07 Å². The Kier molecular flexibility index (Phi) is 8.16. The van der Waals surface area contributed by atoms with E-state index in [1.165, 1.54) is 37.2 Å². The van der Waals surface area contributed by atoms with E-state index in [4.69, 9.17) is 17.3 Å². The summed E-state index contributed by atoms with van der Waals surface area (Å²) in [6, 6.07) is 2.99. The molecule has 3 aliphatic carbocycles. The summed E-state index contributed by atoms with van der Waals surface area (Å²) in [5.41, 5.74) is 0.929. The van der Waals surface area contributed by atoms with Gasteiger partial charge in [-0.25, -0.2) is 10.0 Å². The number of aliphatic hydroxyl groups is 3. The molecular weight excluding hydrogens is 640 g/mol. The number of rotatable bonds is 6. The number of amides is 3. The number of hydrogen-bond acceptors (Lipinski definition) is 11. The molecule has 0 spiro atoms. The highest BCUT2D eigenvalue weighted by molar-refractivity contribution is 6.31. The van der Waals surface area contributed by atoms with E-state index in [2.05, 4.69) is 10.6 Å². The Labute approximate surface area is 271 Å². The van der Waals surface area contributed by atoms with Gasteiger partial charge in [-0.05, 0) is 56.6 Å². The number of phenolic OH excluding ortho intramolecular Hbond substituents is 1. The van der Waals surface area contributed by atoms with Crippen molar-refractivity contribution >= 4 is 57.9 Å². The number of allylic oxidation sites excluding steroid dienone is 1. The first-order valence-corrected chi connectivity index (χ1v) is 14.5. The highest BCUT2D eigenvalue weighted by Crippen LogP contribution is 2.54. The van der Waals surface area contributed by atoms with Gasteiger partial charge in [-0.1, -0.05) is 11.6 Å². The van der Waals surface area contributed by atoms with Crippen molar-refractivity contribution in [3.8, 4) is 5.75 Å². The van der Waals surface area contributed by atoms with E-state index in [1.807, 2.05) is 0 Å². The van der Waals surface area contributed by atoms with Crippen LogP contribution in [-0.4, -0.2) is 98.8 Å². The van der Waals surface area contributed by atoms with Gasteiger partial charge >= 0.3 is 11.7 Å². The number of nitrogens with two attached hydrogens (primary N) is 1. The number of anilines is 3. The highest BCUT2D eigenvalue weighted by Gasteiger charge is 2.63. The number of carbonyl (C=O) groups is 4. The molecule has 16 nitrogen and oxygen atoms in total. The average molecular weight is 672 g/mol. The SMILES string of the molecule is CN(C)c1cc(NC(=O)Nc2ccc(Cl)cc2[N+](=O)O)c(O)c2c1C[C@H]1C[C@H]3[C@H](N(C)C)C(O)=C(C(N)=O)C(=O)[C@@]3(O)C(O)=C1C2=O. The smallest absolute Gasteiger partial charge is 0.341 e. The lowest BCUT2D eigenvalue weighted by molar-refractivity contribution is -0.729. The zero-order valence-corrected chi connectivity index (χ0v) is 26.3. The minimum atomic E-state index is -2.81. The molecule has 17 heteroatoms. The summed E-state index contributed by atoms with van der Waals surface area (Å²) in [4.78, 5) is 67.0. The van der Waals surface area contributed by atoms with Crippen LogP contribution >= 0.6 is 11.6 Å². The van der Waals surface area contributed by atoms with Crippen molar-refractivity contribution in [1.29, 1.82) is 0 Å². The van der Waals surface area contributed by atoms with Crippen molar-refractivity contribution in [2.75, 3.05) is 43.7 Å². The van der Waals surface area contributed by atoms with Gasteiger partial charge in [-0.2, -0.15) is 0 Å². The Morgan fingerprint density at radius 1 is 1.06 bits per heavy atom. The predicted molar refractivity (Wildman–Crippen MR) is 167 cm³/mol. The third-order valence-corrected chi connectivity index (χ3v) is 9.08. The maximum absolute atomic E-state index is 14.2. The molecular formula is C30H32ClN6O10+. The molecule has 47 heavy (non-hydrogen) atoms. The molecule has 0 saturated carbocycles. The van der Waals surface area contributed by atoms with E-state index < -0.39 is 74.7 Å². The number of likely N-dealkylation sites (N-methyl/N-ethyl adjacent to an activating group) is 1. The van der Waals surface area contributed by atoms with Crippen LogP contribution in [0.4, 0.5) is 27.5 Å². The number of ketones is 2. The fourth-order valence-electron chi connectivity index (χ4n) is 6.84.